The lowest BCUT2D eigenvalue weighted by atomic mass is 10.1. The molecule has 0 saturated heterocycles. The molecular weight excluding hydrogens is 541 g/mol. The van der Waals surface area contributed by atoms with Crippen LogP contribution in [0.5, 0.6) is 11.5 Å². The zero-order valence-corrected chi connectivity index (χ0v) is 25.1. The van der Waals surface area contributed by atoms with E-state index in [4.69, 9.17) is 23.2 Å². The number of phenolic OH excluding ortho intramolecular Hbond substituents is 2. The predicted molar refractivity (Wildman–Crippen MR) is 169 cm³/mol. The van der Waals surface area contributed by atoms with Gasteiger partial charge in [-0.1, -0.05) is 104 Å². The van der Waals surface area contributed by atoms with Crippen molar-refractivity contribution in [2.24, 2.45) is 0 Å². The molecule has 0 spiro atoms. The number of rotatable bonds is 18. The van der Waals surface area contributed by atoms with Crippen LogP contribution in [-0.4, -0.2) is 21.0 Å². The minimum absolute atomic E-state index is 0.0100. The molecule has 2 N–H and O–H groups in total. The number of carbonyl (C=O) groups is 1. The van der Waals surface area contributed by atoms with E-state index in [0.717, 1.165) is 43.2 Å². The van der Waals surface area contributed by atoms with E-state index in [2.05, 4.69) is 55.5 Å². The van der Waals surface area contributed by atoms with E-state index in [9.17, 15) is 15.0 Å². The third-order valence-corrected chi connectivity index (χ3v) is 7.07. The van der Waals surface area contributed by atoms with E-state index in [0.29, 0.717) is 29.6 Å². The third-order valence-electron chi connectivity index (χ3n) is 6.37. The summed E-state index contributed by atoms with van der Waals surface area (Å²) < 4.78 is 0. The van der Waals surface area contributed by atoms with E-state index in [1.807, 2.05) is 0 Å². The second kappa shape index (κ2) is 20.0. The summed E-state index contributed by atoms with van der Waals surface area (Å²) in [5, 5.41) is 20.1. The molecule has 0 aliphatic carbocycles. The molecule has 0 atom stereocenters. The van der Waals surface area contributed by atoms with Gasteiger partial charge in [0.25, 0.3) is 0 Å². The van der Waals surface area contributed by atoms with Gasteiger partial charge in [0.15, 0.2) is 0 Å². The van der Waals surface area contributed by atoms with Crippen molar-refractivity contribution in [3.05, 3.63) is 106 Å². The van der Waals surface area contributed by atoms with Crippen LogP contribution in [0, 0.1) is 0 Å². The average molecular weight is 585 g/mol. The van der Waals surface area contributed by atoms with E-state index in [1.54, 1.807) is 29.2 Å². The zero-order valence-electron chi connectivity index (χ0n) is 23.6. The number of amides is 1. The van der Waals surface area contributed by atoms with E-state index in [1.165, 1.54) is 37.8 Å². The van der Waals surface area contributed by atoms with Crippen LogP contribution in [0.1, 0.15) is 82.3 Å². The number of nitrogens with zero attached hydrogens (tertiary/aromatic N) is 1. The highest BCUT2D eigenvalue weighted by atomic mass is 35.5. The number of phenols is 2. The molecule has 0 bridgehead atoms. The number of allylic oxidation sites excluding steroid dienone is 8. The van der Waals surface area contributed by atoms with E-state index < -0.39 is 0 Å². The average Bonchev–Trinajstić information content (AvgIpc) is 2.92. The normalized spacial score (nSPS) is 12.0. The Morgan fingerprint density at radius 2 is 1.15 bits per heavy atom. The molecule has 0 saturated carbocycles. The predicted octanol–water partition coefficient (Wildman–Crippen LogP) is 10.1. The molecule has 0 heterocycles. The molecule has 40 heavy (non-hydrogen) atoms. The Hall–Kier alpha value is -2.95. The van der Waals surface area contributed by atoms with Gasteiger partial charge < -0.3 is 15.1 Å². The van der Waals surface area contributed by atoms with E-state index in [-0.39, 0.29) is 17.4 Å². The highest BCUT2D eigenvalue weighted by Crippen LogP contribution is 2.27. The van der Waals surface area contributed by atoms with Gasteiger partial charge in [-0.25, -0.2) is 0 Å². The van der Waals surface area contributed by atoms with Gasteiger partial charge in [0.2, 0.25) is 5.91 Å². The molecular formula is C34H43Cl2NO3. The topological polar surface area (TPSA) is 60.8 Å². The molecule has 2 rings (SSSR count). The summed E-state index contributed by atoms with van der Waals surface area (Å²) in [6.07, 6.45) is 27.3. The number of carbonyl (C=O) groups excluding carboxylic acids is 1. The van der Waals surface area contributed by atoms with Crippen molar-refractivity contribution < 1.29 is 15.0 Å². The van der Waals surface area contributed by atoms with Gasteiger partial charge in [0.05, 0.1) is 0 Å². The van der Waals surface area contributed by atoms with Crippen LogP contribution >= 0.6 is 23.2 Å². The molecule has 0 radical (unpaired) electrons. The Bertz CT molecular complexity index is 1100. The summed E-state index contributed by atoms with van der Waals surface area (Å²) in [4.78, 5) is 14.9. The van der Waals surface area contributed by atoms with Crippen LogP contribution < -0.4 is 0 Å². The monoisotopic (exact) mass is 583 g/mol. The first-order valence-electron chi connectivity index (χ1n) is 14.2. The fraction of sp³-hybridized carbons (Fsp3) is 0.382. The Balaban J connectivity index is 1.76. The Labute approximate surface area is 250 Å². The molecule has 0 aliphatic heterocycles. The van der Waals surface area contributed by atoms with Crippen LogP contribution in [0.3, 0.4) is 0 Å². The zero-order chi connectivity index (χ0) is 29.0. The molecule has 0 fully saturated rings. The molecule has 0 aromatic heterocycles. The van der Waals surface area contributed by atoms with Crippen molar-refractivity contribution >= 4 is 29.1 Å². The van der Waals surface area contributed by atoms with Crippen molar-refractivity contribution in [3.8, 4) is 11.5 Å². The van der Waals surface area contributed by atoms with E-state index >= 15 is 0 Å². The van der Waals surface area contributed by atoms with Gasteiger partial charge in [0.1, 0.15) is 11.5 Å². The number of benzene rings is 2. The summed E-state index contributed by atoms with van der Waals surface area (Å²) in [5.41, 5.74) is 1.48. The Kier molecular flexibility index (Phi) is 16.6. The minimum atomic E-state index is -0.0100. The maximum Gasteiger partial charge on any atom is 0.223 e. The van der Waals surface area contributed by atoms with Gasteiger partial charge in [0, 0.05) is 29.6 Å². The third kappa shape index (κ3) is 13.9. The lowest BCUT2D eigenvalue weighted by Crippen LogP contribution is -2.30. The lowest BCUT2D eigenvalue weighted by molar-refractivity contribution is -0.132. The second-order valence-corrected chi connectivity index (χ2v) is 10.6. The van der Waals surface area contributed by atoms with Crippen LogP contribution in [-0.2, 0) is 17.9 Å². The minimum Gasteiger partial charge on any atom is -0.508 e. The van der Waals surface area contributed by atoms with Crippen LogP contribution in [0.2, 0.25) is 10.0 Å². The molecule has 0 aliphatic rings. The first kappa shape index (κ1) is 33.3. The van der Waals surface area contributed by atoms with Gasteiger partial charge in [-0.15, -0.1) is 0 Å². The highest BCUT2D eigenvalue weighted by molar-refractivity contribution is 6.31. The quantitative estimate of drug-likeness (QED) is 0.135. The Morgan fingerprint density at radius 3 is 1.60 bits per heavy atom. The standard InChI is InChI=1S/C34H43Cl2NO3/c1-2-3-4-5-6-7-8-9-10-11-12-13-14-15-16-17-18-19-34(40)37(26-28-20-22-30(38)24-32(28)35)27-29-21-23-31(39)25-33(29)36/h6-7,9-10,12-13,15-16,20-25,38-39H,2-5,8,11,14,17-19,26-27H2,1H3/b7-6-,10-9-,13-12-,16-15-. The summed E-state index contributed by atoms with van der Waals surface area (Å²) in [7, 11) is 0. The first-order valence-corrected chi connectivity index (χ1v) is 15.0. The van der Waals surface area contributed by atoms with Crippen LogP contribution in [0.15, 0.2) is 85.0 Å². The summed E-state index contributed by atoms with van der Waals surface area (Å²) in [6, 6.07) is 9.48. The molecule has 2 aromatic rings. The maximum atomic E-state index is 13.2. The fourth-order valence-electron chi connectivity index (χ4n) is 4.06. The molecule has 6 heteroatoms. The highest BCUT2D eigenvalue weighted by Gasteiger charge is 2.17. The van der Waals surface area contributed by atoms with Crippen molar-refractivity contribution in [1.29, 1.82) is 0 Å². The van der Waals surface area contributed by atoms with Gasteiger partial charge in [-0.05, 0) is 80.3 Å². The van der Waals surface area contributed by atoms with Crippen molar-refractivity contribution in [2.75, 3.05) is 0 Å². The molecule has 1 amide bonds. The second-order valence-electron chi connectivity index (χ2n) is 9.78. The van der Waals surface area contributed by atoms with Gasteiger partial charge in [-0.3, -0.25) is 4.79 Å². The fourth-order valence-corrected chi connectivity index (χ4v) is 4.53. The molecule has 0 unspecified atom stereocenters. The maximum absolute atomic E-state index is 13.2. The number of hydrogen-bond acceptors (Lipinski definition) is 3. The van der Waals surface area contributed by atoms with Gasteiger partial charge >= 0.3 is 0 Å². The molecule has 2 aromatic carbocycles. The lowest BCUT2D eigenvalue weighted by Gasteiger charge is -2.24. The molecule has 4 nitrogen and oxygen atoms in total. The smallest absolute Gasteiger partial charge is 0.223 e. The van der Waals surface area contributed by atoms with Crippen molar-refractivity contribution in [3.63, 3.8) is 0 Å². The summed E-state index contributed by atoms with van der Waals surface area (Å²) in [6.45, 7) is 2.81. The van der Waals surface area contributed by atoms with Crippen LogP contribution in [0.25, 0.3) is 0 Å². The SMILES string of the molecule is CCCCC/C=C\C/C=C\C/C=C\C/C=C\CCCC(=O)N(Cc1ccc(O)cc1Cl)Cc1ccc(O)cc1Cl. The Morgan fingerprint density at radius 1 is 0.700 bits per heavy atom. The summed E-state index contributed by atoms with van der Waals surface area (Å²) >= 11 is 12.6. The van der Waals surface area contributed by atoms with Crippen molar-refractivity contribution in [2.45, 2.75) is 84.2 Å². The number of aromatic hydroxyl groups is 2. The first-order chi connectivity index (χ1) is 19.4. The van der Waals surface area contributed by atoms with Gasteiger partial charge in [-0.2, -0.15) is 0 Å². The number of unbranched alkanes of at least 4 members (excludes halogenated alkanes) is 4. The summed E-state index contributed by atoms with van der Waals surface area (Å²) in [5.74, 6) is 0.142. The molecule has 216 valence electrons. The number of halogens is 2. The number of hydrogen-bond donors (Lipinski definition) is 2. The van der Waals surface area contributed by atoms with Crippen molar-refractivity contribution in [1.82, 2.24) is 4.90 Å². The largest absolute Gasteiger partial charge is 0.508 e. The van der Waals surface area contributed by atoms with Crippen LogP contribution in [0.4, 0.5) is 0 Å².